The lowest BCUT2D eigenvalue weighted by Gasteiger charge is -2.06. The average Bonchev–Trinajstić information content (AvgIpc) is 2.03. The quantitative estimate of drug-likeness (QED) is 0.743. The van der Waals surface area contributed by atoms with E-state index in [0.29, 0.717) is 14.5 Å². The van der Waals surface area contributed by atoms with E-state index in [0.717, 1.165) is 5.75 Å². The molecule has 0 N–H and O–H groups in total. The van der Waals surface area contributed by atoms with Crippen molar-refractivity contribution in [2.24, 2.45) is 0 Å². The van der Waals surface area contributed by atoms with Gasteiger partial charge < -0.3 is 4.52 Å². The van der Waals surface area contributed by atoms with Crippen molar-refractivity contribution in [3.63, 3.8) is 0 Å². The highest BCUT2D eigenvalue weighted by Crippen LogP contribution is 2.23. The first-order valence-corrected chi connectivity index (χ1v) is 4.75. The third-order valence-electron chi connectivity index (χ3n) is 1.16. The van der Waals surface area contributed by atoms with Crippen LogP contribution < -0.4 is 4.52 Å². The van der Waals surface area contributed by atoms with Crippen LogP contribution in [-0.2, 0) is 0 Å². The molecule has 1 rings (SSSR count). The third kappa shape index (κ3) is 4.74. The summed E-state index contributed by atoms with van der Waals surface area (Å²) < 4.78 is 5.50. The summed E-state index contributed by atoms with van der Waals surface area (Å²) >= 11 is 0. The molecule has 3 heteroatoms. The van der Waals surface area contributed by atoms with Crippen LogP contribution >= 0.6 is 25.8 Å². The molecule has 68 valence electrons. The molecule has 0 aliphatic rings. The van der Waals surface area contributed by atoms with E-state index in [-0.39, 0.29) is 17.0 Å². The second kappa shape index (κ2) is 6.45. The molecule has 0 heterocycles. The smallest absolute Gasteiger partial charge is 0.122 e. The lowest BCUT2D eigenvalue weighted by Crippen LogP contribution is -1.87. The van der Waals surface area contributed by atoms with Crippen LogP contribution in [0.5, 0.6) is 5.75 Å². The first-order valence-electron chi connectivity index (χ1n) is 3.76. The maximum atomic E-state index is 5.50. The maximum absolute atomic E-state index is 5.50. The molecular weight excluding hydrogens is 235 g/mol. The highest BCUT2D eigenvalue weighted by molar-refractivity contribution is 8.93. The molecule has 0 bridgehead atoms. The molecule has 0 fully saturated rings. The maximum Gasteiger partial charge on any atom is 0.122 e. The van der Waals surface area contributed by atoms with Crippen LogP contribution in [0.3, 0.4) is 0 Å². The summed E-state index contributed by atoms with van der Waals surface area (Å²) in [6, 6.07) is 9.93. The fraction of sp³-hybridized carbons (Fsp3) is 0.333. The Balaban J connectivity index is 0.00000121. The minimum absolute atomic E-state index is 0. The number of para-hydroxylation sites is 1. The predicted octanol–water partition coefficient (Wildman–Crippen LogP) is 3.65. The molecule has 1 nitrogen and oxygen atoms in total. The van der Waals surface area contributed by atoms with E-state index in [2.05, 4.69) is 13.8 Å². The lowest BCUT2D eigenvalue weighted by atomic mass is 10.3. The van der Waals surface area contributed by atoms with Crippen LogP contribution in [0.1, 0.15) is 13.8 Å². The number of hydrogen-bond donors (Lipinski definition) is 0. The summed E-state index contributed by atoms with van der Waals surface area (Å²) in [7, 11) is 0.566. The van der Waals surface area contributed by atoms with Gasteiger partial charge in [0.15, 0.2) is 0 Å². The minimum atomic E-state index is 0. The SMILES string of the molecule is Br.CC(C)POc1ccccc1. The van der Waals surface area contributed by atoms with Crippen molar-refractivity contribution in [3.05, 3.63) is 30.3 Å². The van der Waals surface area contributed by atoms with E-state index in [4.69, 9.17) is 4.52 Å². The summed E-state index contributed by atoms with van der Waals surface area (Å²) in [5, 5.41) is 0. The Labute approximate surface area is 86.2 Å². The van der Waals surface area contributed by atoms with Gasteiger partial charge in [-0.2, -0.15) is 0 Å². The third-order valence-corrected chi connectivity index (χ3v) is 1.98. The number of benzene rings is 1. The van der Waals surface area contributed by atoms with Crippen molar-refractivity contribution in [2.75, 3.05) is 0 Å². The van der Waals surface area contributed by atoms with Crippen LogP contribution in [0.4, 0.5) is 0 Å². The fourth-order valence-corrected chi connectivity index (χ4v) is 1.18. The second-order valence-electron chi connectivity index (χ2n) is 2.69. The largest absolute Gasteiger partial charge is 0.477 e. The summed E-state index contributed by atoms with van der Waals surface area (Å²) in [6.45, 7) is 4.31. The summed E-state index contributed by atoms with van der Waals surface area (Å²) in [5.41, 5.74) is 0.621. The van der Waals surface area contributed by atoms with Gasteiger partial charge in [-0.25, -0.2) is 0 Å². The van der Waals surface area contributed by atoms with Gasteiger partial charge in [-0.1, -0.05) is 32.0 Å². The zero-order valence-corrected chi connectivity index (χ0v) is 9.99. The van der Waals surface area contributed by atoms with Crippen molar-refractivity contribution >= 4 is 25.8 Å². The van der Waals surface area contributed by atoms with Gasteiger partial charge in [0.2, 0.25) is 0 Å². The monoisotopic (exact) mass is 248 g/mol. The molecule has 1 unspecified atom stereocenters. The zero-order chi connectivity index (χ0) is 8.10. The standard InChI is InChI=1S/C9H13OP.BrH/c1-8(2)11-10-9-6-4-3-5-7-9;/h3-8,11H,1-2H3;1H. The van der Waals surface area contributed by atoms with E-state index in [9.17, 15) is 0 Å². The number of halogens is 1. The molecule has 0 amide bonds. The first-order chi connectivity index (χ1) is 5.29. The number of hydrogen-bond acceptors (Lipinski definition) is 1. The first kappa shape index (κ1) is 11.9. The van der Waals surface area contributed by atoms with Gasteiger partial charge >= 0.3 is 0 Å². The molecule has 0 aliphatic heterocycles. The predicted molar refractivity (Wildman–Crippen MR) is 60.8 cm³/mol. The molecule has 0 spiro atoms. The van der Waals surface area contributed by atoms with Crippen molar-refractivity contribution < 1.29 is 4.52 Å². The van der Waals surface area contributed by atoms with E-state index in [1.165, 1.54) is 0 Å². The van der Waals surface area contributed by atoms with Gasteiger partial charge in [0, 0.05) is 5.66 Å². The average molecular weight is 249 g/mol. The molecule has 0 aliphatic carbocycles. The molecule has 1 atom stereocenters. The van der Waals surface area contributed by atoms with Crippen molar-refractivity contribution in [3.8, 4) is 5.75 Å². The molecule has 1 aromatic carbocycles. The molecule has 12 heavy (non-hydrogen) atoms. The van der Waals surface area contributed by atoms with Crippen LogP contribution in [0.2, 0.25) is 0 Å². The highest BCUT2D eigenvalue weighted by Gasteiger charge is 1.94. The van der Waals surface area contributed by atoms with E-state index in [1.54, 1.807) is 0 Å². The summed E-state index contributed by atoms with van der Waals surface area (Å²) in [6.07, 6.45) is 0. The molecule has 0 radical (unpaired) electrons. The van der Waals surface area contributed by atoms with Crippen molar-refractivity contribution in [1.82, 2.24) is 0 Å². The minimum Gasteiger partial charge on any atom is -0.477 e. The second-order valence-corrected chi connectivity index (χ2v) is 4.28. The Morgan fingerprint density at radius 2 is 1.75 bits per heavy atom. The Hall–Kier alpha value is -0.0700. The van der Waals surface area contributed by atoms with Gasteiger partial charge in [0.25, 0.3) is 0 Å². The fourth-order valence-electron chi connectivity index (χ4n) is 0.674. The Morgan fingerprint density at radius 1 is 1.17 bits per heavy atom. The number of rotatable bonds is 3. The van der Waals surface area contributed by atoms with E-state index >= 15 is 0 Å². The van der Waals surface area contributed by atoms with Crippen LogP contribution in [-0.4, -0.2) is 5.66 Å². The van der Waals surface area contributed by atoms with Gasteiger partial charge in [-0.05, 0) is 12.1 Å². The Kier molecular flexibility index (Phi) is 6.41. The zero-order valence-electron chi connectivity index (χ0n) is 7.28. The Morgan fingerprint density at radius 3 is 2.25 bits per heavy atom. The van der Waals surface area contributed by atoms with Crippen LogP contribution in [0, 0.1) is 0 Å². The van der Waals surface area contributed by atoms with E-state index < -0.39 is 0 Å². The van der Waals surface area contributed by atoms with Gasteiger partial charge in [-0.3, -0.25) is 0 Å². The molecular formula is C9H14BrOP. The van der Waals surface area contributed by atoms with Gasteiger partial charge in [-0.15, -0.1) is 17.0 Å². The topological polar surface area (TPSA) is 9.23 Å². The highest BCUT2D eigenvalue weighted by atomic mass is 79.9. The molecule has 0 aromatic heterocycles. The van der Waals surface area contributed by atoms with Crippen LogP contribution in [0.15, 0.2) is 30.3 Å². The normalized spacial score (nSPS) is 10.2. The molecule has 0 saturated carbocycles. The van der Waals surface area contributed by atoms with Crippen LogP contribution in [0.25, 0.3) is 0 Å². The van der Waals surface area contributed by atoms with Gasteiger partial charge in [0.1, 0.15) is 5.75 Å². The molecule has 0 saturated heterocycles. The lowest BCUT2D eigenvalue weighted by molar-refractivity contribution is 0.622. The van der Waals surface area contributed by atoms with Crippen molar-refractivity contribution in [1.29, 1.82) is 0 Å². The molecule has 1 aromatic rings. The van der Waals surface area contributed by atoms with E-state index in [1.807, 2.05) is 30.3 Å². The summed E-state index contributed by atoms with van der Waals surface area (Å²) in [5.74, 6) is 0.972. The van der Waals surface area contributed by atoms with Gasteiger partial charge in [0.05, 0.1) is 8.81 Å². The summed E-state index contributed by atoms with van der Waals surface area (Å²) in [4.78, 5) is 0. The van der Waals surface area contributed by atoms with Crippen molar-refractivity contribution in [2.45, 2.75) is 19.5 Å². The Bertz CT molecular complexity index is 201.